The molecule has 4 rings (SSSR count). The summed E-state index contributed by atoms with van der Waals surface area (Å²) in [6.45, 7) is 4.35. The van der Waals surface area contributed by atoms with Crippen molar-refractivity contribution in [2.24, 2.45) is 0 Å². The number of hydrogen-bond acceptors (Lipinski definition) is 7. The van der Waals surface area contributed by atoms with E-state index in [-0.39, 0.29) is 5.56 Å². The van der Waals surface area contributed by atoms with Crippen LogP contribution in [0.2, 0.25) is 0 Å². The van der Waals surface area contributed by atoms with E-state index in [4.69, 9.17) is 0 Å². The average Bonchev–Trinajstić information content (AvgIpc) is 3.14. The summed E-state index contributed by atoms with van der Waals surface area (Å²) in [5.41, 5.74) is 2.87. The molecule has 0 aliphatic heterocycles. The highest BCUT2D eigenvalue weighted by Crippen LogP contribution is 2.29. The summed E-state index contributed by atoms with van der Waals surface area (Å²) < 4.78 is 0.817. The van der Waals surface area contributed by atoms with Crippen LogP contribution in [0.3, 0.4) is 0 Å². The standard InChI is InChI=1S/C20H19N5OS2/c1-12(2)13-7-9-14(10-8-13)21-19-24-25-20(28-19)27-11-17-22-16-6-4-3-5-15(16)18(26)23-17/h3-10,12H,11H2,1-2H3,(H,21,24)(H,22,23,26). The number of aromatic nitrogens is 4. The number of para-hydroxylation sites is 1. The lowest BCUT2D eigenvalue weighted by molar-refractivity contribution is 0.867. The molecule has 0 amide bonds. The Balaban J connectivity index is 1.42. The smallest absolute Gasteiger partial charge is 0.258 e. The van der Waals surface area contributed by atoms with Gasteiger partial charge >= 0.3 is 0 Å². The van der Waals surface area contributed by atoms with Crippen LogP contribution in [0.1, 0.15) is 31.2 Å². The van der Waals surface area contributed by atoms with Gasteiger partial charge in [-0.15, -0.1) is 10.2 Å². The summed E-state index contributed by atoms with van der Waals surface area (Å²) in [6, 6.07) is 15.7. The maximum atomic E-state index is 12.1. The maximum Gasteiger partial charge on any atom is 0.258 e. The lowest BCUT2D eigenvalue weighted by Crippen LogP contribution is -2.11. The van der Waals surface area contributed by atoms with Gasteiger partial charge in [0.25, 0.3) is 5.56 Å². The first-order chi connectivity index (χ1) is 13.6. The zero-order chi connectivity index (χ0) is 19.5. The molecular weight excluding hydrogens is 390 g/mol. The second-order valence-electron chi connectivity index (χ2n) is 6.59. The summed E-state index contributed by atoms with van der Waals surface area (Å²) in [4.78, 5) is 19.5. The molecule has 0 saturated heterocycles. The van der Waals surface area contributed by atoms with E-state index in [1.807, 2.05) is 30.3 Å². The number of rotatable bonds is 6. The number of H-pyrrole nitrogens is 1. The van der Waals surface area contributed by atoms with E-state index in [0.29, 0.717) is 28.4 Å². The first-order valence-corrected chi connectivity index (χ1v) is 10.7. The molecule has 6 nitrogen and oxygen atoms in total. The fraction of sp³-hybridized carbons (Fsp3) is 0.200. The Bertz CT molecular complexity index is 1150. The molecule has 0 radical (unpaired) electrons. The van der Waals surface area contributed by atoms with Crippen LogP contribution < -0.4 is 10.9 Å². The van der Waals surface area contributed by atoms with Crippen LogP contribution >= 0.6 is 23.1 Å². The predicted octanol–water partition coefficient (Wildman–Crippen LogP) is 4.93. The van der Waals surface area contributed by atoms with Gasteiger partial charge in [0.15, 0.2) is 4.34 Å². The number of benzene rings is 2. The minimum Gasteiger partial charge on any atom is -0.330 e. The monoisotopic (exact) mass is 409 g/mol. The van der Waals surface area contributed by atoms with Gasteiger partial charge in [-0.2, -0.15) is 0 Å². The van der Waals surface area contributed by atoms with Crippen LogP contribution in [0.25, 0.3) is 10.9 Å². The fourth-order valence-corrected chi connectivity index (χ4v) is 4.37. The van der Waals surface area contributed by atoms with Crippen LogP contribution in [-0.2, 0) is 5.75 Å². The Kier molecular flexibility index (Phi) is 5.40. The van der Waals surface area contributed by atoms with Gasteiger partial charge in [-0.3, -0.25) is 4.79 Å². The van der Waals surface area contributed by atoms with Crippen molar-refractivity contribution in [1.82, 2.24) is 20.2 Å². The molecule has 0 spiro atoms. The first-order valence-electron chi connectivity index (χ1n) is 8.90. The van der Waals surface area contributed by atoms with Crippen LogP contribution in [0.5, 0.6) is 0 Å². The van der Waals surface area contributed by atoms with Crippen LogP contribution in [0, 0.1) is 0 Å². The molecule has 0 aliphatic carbocycles. The Morgan fingerprint density at radius 3 is 2.68 bits per heavy atom. The van der Waals surface area contributed by atoms with Gasteiger partial charge in [0.1, 0.15) is 5.82 Å². The van der Waals surface area contributed by atoms with Crippen molar-refractivity contribution in [2.75, 3.05) is 5.32 Å². The zero-order valence-electron chi connectivity index (χ0n) is 15.5. The third kappa shape index (κ3) is 4.23. The second kappa shape index (κ2) is 8.12. The summed E-state index contributed by atoms with van der Waals surface area (Å²) in [5.74, 6) is 1.66. The molecule has 0 bridgehead atoms. The highest BCUT2D eigenvalue weighted by molar-refractivity contribution is 8.00. The molecule has 2 heterocycles. The molecule has 0 fully saturated rings. The van der Waals surface area contributed by atoms with Crippen LogP contribution in [0.15, 0.2) is 57.7 Å². The average molecular weight is 410 g/mol. The minimum absolute atomic E-state index is 0.120. The maximum absolute atomic E-state index is 12.1. The SMILES string of the molecule is CC(C)c1ccc(Nc2nnc(SCc3nc4ccccc4c(=O)[nH]3)s2)cc1. The Hall–Kier alpha value is -2.71. The largest absolute Gasteiger partial charge is 0.330 e. The quantitative estimate of drug-likeness (QED) is 0.439. The minimum atomic E-state index is -0.120. The molecule has 8 heteroatoms. The van der Waals surface area contributed by atoms with Gasteiger partial charge in [0, 0.05) is 5.69 Å². The van der Waals surface area contributed by atoms with Crippen LogP contribution in [-0.4, -0.2) is 20.2 Å². The Labute approximate surface area is 170 Å². The molecule has 0 unspecified atom stereocenters. The highest BCUT2D eigenvalue weighted by Gasteiger charge is 2.08. The lowest BCUT2D eigenvalue weighted by atomic mass is 10.0. The number of fused-ring (bicyclic) bond motifs is 1. The molecule has 142 valence electrons. The predicted molar refractivity (Wildman–Crippen MR) is 116 cm³/mol. The van der Waals surface area contributed by atoms with Crippen LogP contribution in [0.4, 0.5) is 10.8 Å². The van der Waals surface area contributed by atoms with Gasteiger partial charge in [0.05, 0.1) is 16.7 Å². The van der Waals surface area contributed by atoms with Crippen molar-refractivity contribution >= 4 is 44.8 Å². The number of anilines is 2. The van der Waals surface area contributed by atoms with Gasteiger partial charge in [-0.05, 0) is 35.7 Å². The van der Waals surface area contributed by atoms with Gasteiger partial charge < -0.3 is 10.3 Å². The number of hydrogen-bond donors (Lipinski definition) is 2. The van der Waals surface area contributed by atoms with Gasteiger partial charge in [-0.25, -0.2) is 4.98 Å². The number of nitrogens with one attached hydrogen (secondary N) is 2. The molecule has 2 aromatic carbocycles. The topological polar surface area (TPSA) is 83.6 Å². The van der Waals surface area contributed by atoms with Crippen molar-refractivity contribution in [3.05, 3.63) is 70.3 Å². The lowest BCUT2D eigenvalue weighted by Gasteiger charge is -2.06. The highest BCUT2D eigenvalue weighted by atomic mass is 32.2. The summed E-state index contributed by atoms with van der Waals surface area (Å²) in [5, 5.41) is 13.0. The van der Waals surface area contributed by atoms with E-state index in [1.54, 1.807) is 6.07 Å². The van der Waals surface area contributed by atoms with E-state index >= 15 is 0 Å². The third-order valence-corrected chi connectivity index (χ3v) is 6.21. The first kappa shape index (κ1) is 18.6. The Morgan fingerprint density at radius 1 is 1.11 bits per heavy atom. The molecule has 2 aromatic heterocycles. The molecule has 4 aromatic rings. The molecule has 28 heavy (non-hydrogen) atoms. The van der Waals surface area contributed by atoms with Gasteiger partial charge in [0.2, 0.25) is 5.13 Å². The number of nitrogens with zero attached hydrogens (tertiary/aromatic N) is 3. The van der Waals surface area contributed by atoms with Crippen molar-refractivity contribution in [3.8, 4) is 0 Å². The Morgan fingerprint density at radius 2 is 1.89 bits per heavy atom. The van der Waals surface area contributed by atoms with E-state index in [1.165, 1.54) is 28.7 Å². The summed E-state index contributed by atoms with van der Waals surface area (Å²) in [6.07, 6.45) is 0. The van der Waals surface area contributed by atoms with Gasteiger partial charge in [-0.1, -0.05) is 61.2 Å². The summed E-state index contributed by atoms with van der Waals surface area (Å²) in [7, 11) is 0. The summed E-state index contributed by atoms with van der Waals surface area (Å²) >= 11 is 2.98. The molecular formula is C20H19N5OS2. The number of thioether (sulfide) groups is 1. The van der Waals surface area contributed by atoms with Crippen molar-refractivity contribution in [2.45, 2.75) is 29.9 Å². The molecule has 0 aliphatic rings. The van der Waals surface area contributed by atoms with Crippen molar-refractivity contribution < 1.29 is 0 Å². The second-order valence-corrected chi connectivity index (χ2v) is 8.79. The normalized spacial score (nSPS) is 11.2. The zero-order valence-corrected chi connectivity index (χ0v) is 17.1. The molecule has 0 saturated carbocycles. The van der Waals surface area contributed by atoms with E-state index in [9.17, 15) is 4.79 Å². The number of aromatic amines is 1. The van der Waals surface area contributed by atoms with Crippen molar-refractivity contribution in [1.29, 1.82) is 0 Å². The van der Waals surface area contributed by atoms with E-state index < -0.39 is 0 Å². The molecule has 2 N–H and O–H groups in total. The third-order valence-electron chi connectivity index (χ3n) is 4.23. The fourth-order valence-electron chi connectivity index (χ4n) is 2.73. The van der Waals surface area contributed by atoms with E-state index in [2.05, 4.69) is 51.5 Å². The molecule has 0 atom stereocenters. The van der Waals surface area contributed by atoms with E-state index in [0.717, 1.165) is 15.2 Å². The van der Waals surface area contributed by atoms with Crippen molar-refractivity contribution in [3.63, 3.8) is 0 Å².